The molecule has 1 aliphatic rings. The molecule has 1 aliphatic heterocycles. The van der Waals surface area contributed by atoms with Crippen LogP contribution in [0, 0.1) is 11.8 Å². The van der Waals surface area contributed by atoms with Crippen LogP contribution in [-0.2, 0) is 0 Å². The molecule has 1 heterocycles. The zero-order valence-corrected chi connectivity index (χ0v) is 12.8. The van der Waals surface area contributed by atoms with Gasteiger partial charge in [0.2, 0.25) is 0 Å². The average molecular weight is 257 g/mol. The summed E-state index contributed by atoms with van der Waals surface area (Å²) in [6.45, 7) is 8.04. The summed E-state index contributed by atoms with van der Waals surface area (Å²) in [5.41, 5.74) is 0. The number of thioether (sulfide) groups is 1. The highest BCUT2D eigenvalue weighted by Crippen LogP contribution is 2.27. The second-order valence-corrected chi connectivity index (χ2v) is 7.10. The Kier molecular flexibility index (Phi) is 8.38. The zero-order chi connectivity index (χ0) is 12.5. The Balaban J connectivity index is 2.21. The van der Waals surface area contributed by atoms with Gasteiger partial charge in [-0.3, -0.25) is 0 Å². The largest absolute Gasteiger partial charge is 0.314 e. The average Bonchev–Trinajstić information content (AvgIpc) is 2.30. The molecular formula is C15H31NS. The van der Waals surface area contributed by atoms with Crippen molar-refractivity contribution in [3.05, 3.63) is 0 Å². The normalized spacial score (nSPS) is 19.8. The maximum Gasteiger partial charge on any atom is 0.00695 e. The third-order valence-electron chi connectivity index (χ3n) is 3.79. The Morgan fingerprint density at radius 2 is 1.88 bits per heavy atom. The van der Waals surface area contributed by atoms with Crippen LogP contribution in [0.2, 0.25) is 0 Å². The van der Waals surface area contributed by atoms with Gasteiger partial charge < -0.3 is 5.32 Å². The molecule has 0 aliphatic carbocycles. The minimum absolute atomic E-state index is 0.784. The smallest absolute Gasteiger partial charge is 0.00695 e. The van der Waals surface area contributed by atoms with E-state index < -0.39 is 0 Å². The second kappa shape index (κ2) is 9.27. The van der Waals surface area contributed by atoms with E-state index in [1.807, 2.05) is 0 Å². The van der Waals surface area contributed by atoms with Crippen molar-refractivity contribution >= 4 is 11.8 Å². The summed E-state index contributed by atoms with van der Waals surface area (Å²) in [5, 5.41) is 3.70. The Labute approximate surface area is 113 Å². The maximum atomic E-state index is 3.70. The zero-order valence-electron chi connectivity index (χ0n) is 12.0. The van der Waals surface area contributed by atoms with Crippen molar-refractivity contribution in [1.82, 2.24) is 5.32 Å². The van der Waals surface area contributed by atoms with E-state index in [0.717, 1.165) is 24.4 Å². The molecule has 0 saturated carbocycles. The molecule has 1 atom stereocenters. The lowest BCUT2D eigenvalue weighted by molar-refractivity contribution is 0.342. The van der Waals surface area contributed by atoms with Gasteiger partial charge in [-0.15, -0.1) is 0 Å². The molecule has 1 nitrogen and oxygen atoms in total. The standard InChI is InChI=1S/C15H31NS/c1-4-16-15(7-5-6-13(2)3)12-14-8-10-17-11-9-14/h13-16H,4-12H2,1-3H3. The number of hydrogen-bond donors (Lipinski definition) is 1. The van der Waals surface area contributed by atoms with E-state index in [1.54, 1.807) is 0 Å². The van der Waals surface area contributed by atoms with Crippen molar-refractivity contribution in [2.24, 2.45) is 11.8 Å². The van der Waals surface area contributed by atoms with E-state index in [1.165, 1.54) is 50.0 Å². The maximum absolute atomic E-state index is 3.70. The first-order chi connectivity index (χ1) is 8.22. The molecule has 1 rings (SSSR count). The van der Waals surface area contributed by atoms with Gasteiger partial charge in [0.25, 0.3) is 0 Å². The summed E-state index contributed by atoms with van der Waals surface area (Å²) < 4.78 is 0. The number of rotatable bonds is 8. The van der Waals surface area contributed by atoms with Crippen LogP contribution >= 0.6 is 11.8 Å². The molecule has 1 saturated heterocycles. The summed E-state index contributed by atoms with van der Waals surface area (Å²) in [6, 6.07) is 0.784. The molecular weight excluding hydrogens is 226 g/mol. The van der Waals surface area contributed by atoms with Gasteiger partial charge >= 0.3 is 0 Å². The fourth-order valence-corrected chi connectivity index (χ4v) is 3.95. The Morgan fingerprint density at radius 1 is 1.18 bits per heavy atom. The minimum Gasteiger partial charge on any atom is -0.314 e. The summed E-state index contributed by atoms with van der Waals surface area (Å²) in [6.07, 6.45) is 8.51. The first-order valence-corrected chi connectivity index (χ1v) is 8.69. The first-order valence-electron chi connectivity index (χ1n) is 7.53. The van der Waals surface area contributed by atoms with E-state index in [-0.39, 0.29) is 0 Å². The number of hydrogen-bond acceptors (Lipinski definition) is 2. The van der Waals surface area contributed by atoms with E-state index in [0.29, 0.717) is 0 Å². The predicted molar refractivity (Wildman–Crippen MR) is 80.8 cm³/mol. The van der Waals surface area contributed by atoms with Crippen LogP contribution in [0.1, 0.15) is 59.3 Å². The summed E-state index contributed by atoms with van der Waals surface area (Å²) in [4.78, 5) is 0. The highest BCUT2D eigenvalue weighted by molar-refractivity contribution is 7.99. The van der Waals surface area contributed by atoms with Crippen LogP contribution in [-0.4, -0.2) is 24.1 Å². The molecule has 0 bridgehead atoms. The highest BCUT2D eigenvalue weighted by atomic mass is 32.2. The Morgan fingerprint density at radius 3 is 2.47 bits per heavy atom. The SMILES string of the molecule is CCNC(CCCC(C)C)CC1CCSCC1. The fraction of sp³-hybridized carbons (Fsp3) is 1.00. The van der Waals surface area contributed by atoms with Gasteiger partial charge in [0.15, 0.2) is 0 Å². The summed E-state index contributed by atoms with van der Waals surface area (Å²) in [7, 11) is 0. The van der Waals surface area contributed by atoms with Gasteiger partial charge in [-0.2, -0.15) is 11.8 Å². The highest BCUT2D eigenvalue weighted by Gasteiger charge is 2.18. The molecule has 1 N–H and O–H groups in total. The van der Waals surface area contributed by atoms with E-state index in [2.05, 4.69) is 37.8 Å². The van der Waals surface area contributed by atoms with Gasteiger partial charge in [-0.05, 0) is 55.6 Å². The quantitative estimate of drug-likeness (QED) is 0.695. The van der Waals surface area contributed by atoms with Crippen molar-refractivity contribution in [3.8, 4) is 0 Å². The fourth-order valence-electron chi connectivity index (χ4n) is 2.75. The van der Waals surface area contributed by atoms with E-state index >= 15 is 0 Å². The Bertz CT molecular complexity index is 176. The van der Waals surface area contributed by atoms with Crippen molar-refractivity contribution in [1.29, 1.82) is 0 Å². The van der Waals surface area contributed by atoms with Gasteiger partial charge in [0.1, 0.15) is 0 Å². The molecule has 0 spiro atoms. The second-order valence-electron chi connectivity index (χ2n) is 5.87. The molecule has 1 unspecified atom stereocenters. The van der Waals surface area contributed by atoms with Gasteiger partial charge in [0, 0.05) is 6.04 Å². The summed E-state index contributed by atoms with van der Waals surface area (Å²) in [5.74, 6) is 4.66. The third kappa shape index (κ3) is 7.35. The molecule has 102 valence electrons. The molecule has 0 aromatic carbocycles. The molecule has 0 aromatic heterocycles. The Hall–Kier alpha value is 0.310. The van der Waals surface area contributed by atoms with Crippen LogP contribution in [0.4, 0.5) is 0 Å². The lowest BCUT2D eigenvalue weighted by Gasteiger charge is -2.27. The van der Waals surface area contributed by atoms with Crippen LogP contribution in [0.15, 0.2) is 0 Å². The third-order valence-corrected chi connectivity index (χ3v) is 4.83. The lowest BCUT2D eigenvalue weighted by Crippen LogP contribution is -2.32. The van der Waals surface area contributed by atoms with Gasteiger partial charge in [-0.1, -0.05) is 33.6 Å². The van der Waals surface area contributed by atoms with Crippen molar-refractivity contribution in [2.45, 2.75) is 65.3 Å². The van der Waals surface area contributed by atoms with E-state index in [9.17, 15) is 0 Å². The molecule has 2 heteroatoms. The van der Waals surface area contributed by atoms with Crippen LogP contribution in [0.5, 0.6) is 0 Å². The lowest BCUT2D eigenvalue weighted by atomic mass is 9.91. The van der Waals surface area contributed by atoms with Gasteiger partial charge in [0.05, 0.1) is 0 Å². The predicted octanol–water partition coefficient (Wildman–Crippen LogP) is 4.32. The van der Waals surface area contributed by atoms with Crippen LogP contribution in [0.25, 0.3) is 0 Å². The van der Waals surface area contributed by atoms with Gasteiger partial charge in [-0.25, -0.2) is 0 Å². The molecule has 1 fully saturated rings. The van der Waals surface area contributed by atoms with Crippen LogP contribution in [0.3, 0.4) is 0 Å². The summed E-state index contributed by atoms with van der Waals surface area (Å²) >= 11 is 2.14. The minimum atomic E-state index is 0.784. The topological polar surface area (TPSA) is 12.0 Å². The molecule has 0 radical (unpaired) electrons. The number of nitrogens with one attached hydrogen (secondary N) is 1. The molecule has 0 aromatic rings. The monoisotopic (exact) mass is 257 g/mol. The van der Waals surface area contributed by atoms with Crippen molar-refractivity contribution in [3.63, 3.8) is 0 Å². The first kappa shape index (κ1) is 15.4. The molecule has 0 amide bonds. The molecule has 17 heavy (non-hydrogen) atoms. The van der Waals surface area contributed by atoms with E-state index in [4.69, 9.17) is 0 Å². The van der Waals surface area contributed by atoms with Crippen LogP contribution < -0.4 is 5.32 Å². The van der Waals surface area contributed by atoms with Crippen molar-refractivity contribution < 1.29 is 0 Å². The van der Waals surface area contributed by atoms with Crippen molar-refractivity contribution in [2.75, 3.05) is 18.1 Å².